The predicted molar refractivity (Wildman–Crippen MR) is 105 cm³/mol. The van der Waals surface area contributed by atoms with Gasteiger partial charge in [-0.25, -0.2) is 9.59 Å². The minimum Gasteiger partial charge on any atom is -0.422 e. The van der Waals surface area contributed by atoms with Crippen molar-refractivity contribution in [1.82, 2.24) is 0 Å². The zero-order valence-electron chi connectivity index (χ0n) is 15.0. The number of carbonyl (C=O) groups excluding carboxylic acids is 2. The average Bonchev–Trinajstić information content (AvgIpc) is 3.18. The van der Waals surface area contributed by atoms with Gasteiger partial charge in [0, 0.05) is 34.1 Å². The van der Waals surface area contributed by atoms with Gasteiger partial charge in [0.2, 0.25) is 0 Å². The second kappa shape index (κ2) is 6.24. The van der Waals surface area contributed by atoms with E-state index in [1.54, 1.807) is 12.1 Å². The second-order valence-electron chi connectivity index (χ2n) is 7.36. The van der Waals surface area contributed by atoms with Gasteiger partial charge in [-0.2, -0.15) is 0 Å². The lowest BCUT2D eigenvalue weighted by atomic mass is 9.78. The molecule has 2 bridgehead atoms. The number of hydrogen-bond donors (Lipinski definition) is 0. The molecule has 0 amide bonds. The molecule has 0 aliphatic heterocycles. The quantitative estimate of drug-likeness (QED) is 0.413. The number of benzene rings is 2. The van der Waals surface area contributed by atoms with Crippen molar-refractivity contribution in [3.05, 3.63) is 59.7 Å². The van der Waals surface area contributed by atoms with E-state index in [2.05, 4.69) is 20.1 Å². The third-order valence-electron chi connectivity index (χ3n) is 5.72. The fraction of sp³-hybridized carbons (Fsp3) is 0.273. The molecule has 27 heavy (non-hydrogen) atoms. The van der Waals surface area contributed by atoms with E-state index in [9.17, 15) is 9.59 Å². The van der Waals surface area contributed by atoms with Gasteiger partial charge in [-0.3, -0.25) is 0 Å². The SMILES string of the molecule is C=CC(=O)Oc1c2c(c(OC(=O)C=C)c3c(Cl)cccc13)C1CCC2(C)C1. The molecule has 1 saturated carbocycles. The van der Waals surface area contributed by atoms with Gasteiger partial charge in [-0.15, -0.1) is 0 Å². The third-order valence-corrected chi connectivity index (χ3v) is 6.03. The van der Waals surface area contributed by atoms with Crippen molar-refractivity contribution in [3.63, 3.8) is 0 Å². The molecule has 2 aliphatic carbocycles. The summed E-state index contributed by atoms with van der Waals surface area (Å²) in [7, 11) is 0. The number of carbonyl (C=O) groups is 2. The van der Waals surface area contributed by atoms with Gasteiger partial charge in [0.1, 0.15) is 11.5 Å². The van der Waals surface area contributed by atoms with Crippen LogP contribution in [0, 0.1) is 0 Å². The molecule has 0 N–H and O–H groups in total. The molecule has 0 heterocycles. The Bertz CT molecular complexity index is 1020. The lowest BCUT2D eigenvalue weighted by molar-refractivity contribution is -0.130. The number of ether oxygens (including phenoxy) is 2. The summed E-state index contributed by atoms with van der Waals surface area (Å²) < 4.78 is 11.4. The van der Waals surface area contributed by atoms with E-state index in [0.717, 1.165) is 42.5 Å². The largest absolute Gasteiger partial charge is 0.422 e. The molecular weight excluding hydrogens is 364 g/mol. The summed E-state index contributed by atoms with van der Waals surface area (Å²) in [5, 5.41) is 1.67. The third kappa shape index (κ3) is 2.59. The highest BCUT2D eigenvalue weighted by molar-refractivity contribution is 6.36. The van der Waals surface area contributed by atoms with E-state index >= 15 is 0 Å². The fourth-order valence-corrected chi connectivity index (χ4v) is 4.91. The Morgan fingerprint density at radius 2 is 1.85 bits per heavy atom. The molecule has 2 aliphatic rings. The number of rotatable bonds is 4. The van der Waals surface area contributed by atoms with Crippen LogP contribution in [0.3, 0.4) is 0 Å². The van der Waals surface area contributed by atoms with Gasteiger partial charge in [-0.05, 0) is 36.7 Å². The van der Waals surface area contributed by atoms with E-state index < -0.39 is 11.9 Å². The molecule has 4 nitrogen and oxygen atoms in total. The highest BCUT2D eigenvalue weighted by Crippen LogP contribution is 2.64. The summed E-state index contributed by atoms with van der Waals surface area (Å²) in [6.45, 7) is 9.16. The predicted octanol–water partition coefficient (Wildman–Crippen LogP) is 5.21. The smallest absolute Gasteiger partial charge is 0.335 e. The highest BCUT2D eigenvalue weighted by atomic mass is 35.5. The first kappa shape index (κ1) is 17.8. The molecule has 0 aromatic heterocycles. The minimum atomic E-state index is -0.540. The number of esters is 2. The Balaban J connectivity index is 2.12. The van der Waals surface area contributed by atoms with Gasteiger partial charge in [0.05, 0.1) is 5.02 Å². The molecule has 2 unspecified atom stereocenters. The Morgan fingerprint density at radius 3 is 2.52 bits per heavy atom. The maximum absolute atomic E-state index is 12.1. The van der Waals surface area contributed by atoms with Crippen molar-refractivity contribution < 1.29 is 19.1 Å². The normalized spacial score (nSPS) is 22.4. The standard InChI is InChI=1S/C22H19ClO4/c1-4-15(24)26-20-13-7-6-8-14(23)18(13)21(27-16(25)5-2)17-12-9-10-22(3,11-12)19(17)20/h4-8,12H,1-2,9-11H2,3H3. The lowest BCUT2D eigenvalue weighted by Crippen LogP contribution is -2.20. The molecule has 0 spiro atoms. The first-order chi connectivity index (χ1) is 12.9. The highest BCUT2D eigenvalue weighted by Gasteiger charge is 2.50. The summed E-state index contributed by atoms with van der Waals surface area (Å²) in [6.07, 6.45) is 5.18. The molecule has 4 rings (SSSR count). The van der Waals surface area contributed by atoms with E-state index in [0.29, 0.717) is 27.3 Å². The van der Waals surface area contributed by atoms with E-state index in [1.807, 2.05) is 6.07 Å². The zero-order valence-corrected chi connectivity index (χ0v) is 15.8. The maximum Gasteiger partial charge on any atom is 0.335 e. The monoisotopic (exact) mass is 382 g/mol. The first-order valence-electron chi connectivity index (χ1n) is 8.86. The average molecular weight is 383 g/mol. The fourth-order valence-electron chi connectivity index (χ4n) is 4.65. The van der Waals surface area contributed by atoms with Crippen LogP contribution in [0.4, 0.5) is 0 Å². The molecule has 2 atom stereocenters. The molecule has 0 radical (unpaired) electrons. The van der Waals surface area contributed by atoms with E-state index in [1.165, 1.54) is 0 Å². The van der Waals surface area contributed by atoms with Gasteiger partial charge in [0.25, 0.3) is 0 Å². The molecular formula is C22H19ClO4. The van der Waals surface area contributed by atoms with Crippen LogP contribution in [0.1, 0.15) is 43.2 Å². The van der Waals surface area contributed by atoms with Gasteiger partial charge in [-0.1, -0.05) is 43.8 Å². The number of fused-ring (bicyclic) bond motifs is 6. The minimum absolute atomic E-state index is 0.136. The van der Waals surface area contributed by atoms with Crippen molar-refractivity contribution in [3.8, 4) is 11.5 Å². The topological polar surface area (TPSA) is 52.6 Å². The molecule has 2 aromatic carbocycles. The van der Waals surface area contributed by atoms with Crippen LogP contribution in [0.25, 0.3) is 10.8 Å². The molecule has 1 fully saturated rings. The lowest BCUT2D eigenvalue weighted by Gasteiger charge is -2.29. The van der Waals surface area contributed by atoms with Crippen molar-refractivity contribution in [2.24, 2.45) is 0 Å². The molecule has 0 saturated heterocycles. The summed E-state index contributed by atoms with van der Waals surface area (Å²) in [6, 6.07) is 5.35. The maximum atomic E-state index is 12.1. The van der Waals surface area contributed by atoms with Crippen molar-refractivity contribution in [2.75, 3.05) is 0 Å². The van der Waals surface area contributed by atoms with Crippen LogP contribution < -0.4 is 9.47 Å². The van der Waals surface area contributed by atoms with Crippen LogP contribution in [-0.4, -0.2) is 11.9 Å². The van der Waals surface area contributed by atoms with Crippen molar-refractivity contribution in [2.45, 2.75) is 37.5 Å². The Morgan fingerprint density at radius 1 is 1.19 bits per heavy atom. The zero-order chi connectivity index (χ0) is 19.3. The molecule has 2 aromatic rings. The Hall–Kier alpha value is -2.59. The summed E-state index contributed by atoms with van der Waals surface area (Å²) in [4.78, 5) is 24.1. The van der Waals surface area contributed by atoms with Crippen LogP contribution in [0.2, 0.25) is 5.02 Å². The van der Waals surface area contributed by atoms with Crippen LogP contribution in [0.5, 0.6) is 11.5 Å². The molecule has 138 valence electrons. The summed E-state index contributed by atoms with van der Waals surface area (Å²) in [5.74, 6) is 0.125. The number of halogens is 1. The Kier molecular flexibility index (Phi) is 4.11. The summed E-state index contributed by atoms with van der Waals surface area (Å²) >= 11 is 6.49. The van der Waals surface area contributed by atoms with Crippen molar-refractivity contribution in [1.29, 1.82) is 0 Å². The van der Waals surface area contributed by atoms with Gasteiger partial charge < -0.3 is 9.47 Å². The second-order valence-corrected chi connectivity index (χ2v) is 7.77. The first-order valence-corrected chi connectivity index (χ1v) is 9.24. The summed E-state index contributed by atoms with van der Waals surface area (Å²) in [5.41, 5.74) is 1.73. The van der Waals surface area contributed by atoms with E-state index in [4.69, 9.17) is 21.1 Å². The van der Waals surface area contributed by atoms with Gasteiger partial charge >= 0.3 is 11.9 Å². The molecule has 5 heteroatoms. The number of hydrogen-bond acceptors (Lipinski definition) is 4. The van der Waals surface area contributed by atoms with Crippen molar-refractivity contribution >= 4 is 34.3 Å². The van der Waals surface area contributed by atoms with E-state index in [-0.39, 0.29) is 11.3 Å². The Labute approximate surface area is 162 Å². The van der Waals surface area contributed by atoms with Gasteiger partial charge in [0.15, 0.2) is 0 Å². The van der Waals surface area contributed by atoms with Crippen LogP contribution in [0.15, 0.2) is 43.5 Å². The van der Waals surface area contributed by atoms with Crippen LogP contribution in [-0.2, 0) is 15.0 Å². The van der Waals surface area contributed by atoms with Crippen LogP contribution >= 0.6 is 11.6 Å².